The molecule has 27 heavy (non-hydrogen) atoms. The highest BCUT2D eigenvalue weighted by Crippen LogP contribution is 2.31. The molecule has 0 aliphatic rings. The number of halogens is 1. The van der Waals surface area contributed by atoms with Gasteiger partial charge in [0.1, 0.15) is 5.82 Å². The van der Waals surface area contributed by atoms with Crippen LogP contribution in [0, 0.1) is 5.82 Å². The topological polar surface area (TPSA) is 77.3 Å². The molecule has 0 unspecified atom stereocenters. The first-order chi connectivity index (χ1) is 13.2. The van der Waals surface area contributed by atoms with Gasteiger partial charge >= 0.3 is 5.63 Å². The van der Waals surface area contributed by atoms with Gasteiger partial charge in [0.15, 0.2) is 16.3 Å². The molecule has 0 radical (unpaired) electrons. The van der Waals surface area contributed by atoms with E-state index in [0.717, 1.165) is 16.7 Å². The van der Waals surface area contributed by atoms with E-state index in [0.29, 0.717) is 28.1 Å². The average Bonchev–Trinajstić information content (AvgIpc) is 3.12. The van der Waals surface area contributed by atoms with Gasteiger partial charge in [-0.05, 0) is 31.2 Å². The maximum atomic E-state index is 13.8. The van der Waals surface area contributed by atoms with E-state index in [2.05, 4.69) is 15.5 Å². The maximum Gasteiger partial charge on any atom is 0.346 e. The van der Waals surface area contributed by atoms with Gasteiger partial charge in [-0.3, -0.25) is 0 Å². The van der Waals surface area contributed by atoms with Crippen molar-refractivity contribution < 1.29 is 13.5 Å². The van der Waals surface area contributed by atoms with Gasteiger partial charge in [0.25, 0.3) is 0 Å². The van der Waals surface area contributed by atoms with Crippen LogP contribution in [0.3, 0.4) is 0 Å². The SMILES string of the molecule is CCOc1cccc2cc(-c3nnc(Nc4ccccc4F)s3)c(=O)oc12. The van der Waals surface area contributed by atoms with Gasteiger partial charge in [-0.1, -0.05) is 35.6 Å². The van der Waals surface area contributed by atoms with Crippen LogP contribution < -0.4 is 15.7 Å². The van der Waals surface area contributed by atoms with Crippen molar-refractivity contribution in [2.75, 3.05) is 11.9 Å². The second-order valence-electron chi connectivity index (χ2n) is 5.57. The molecule has 0 saturated heterocycles. The molecular weight excluding hydrogens is 369 g/mol. The first kappa shape index (κ1) is 17.2. The molecule has 6 nitrogen and oxygen atoms in total. The summed E-state index contributed by atoms with van der Waals surface area (Å²) < 4.78 is 24.7. The highest BCUT2D eigenvalue weighted by Gasteiger charge is 2.15. The number of nitrogens with zero attached hydrogens (tertiary/aromatic N) is 2. The van der Waals surface area contributed by atoms with Crippen LogP contribution in [0.15, 0.2) is 57.7 Å². The van der Waals surface area contributed by atoms with Crippen LogP contribution in [0.1, 0.15) is 6.92 Å². The number of benzene rings is 2. The molecular formula is C19H14FN3O3S. The Morgan fingerprint density at radius 3 is 2.85 bits per heavy atom. The molecule has 0 aliphatic carbocycles. The number of fused-ring (bicyclic) bond motifs is 1. The monoisotopic (exact) mass is 383 g/mol. The zero-order valence-electron chi connectivity index (χ0n) is 14.2. The summed E-state index contributed by atoms with van der Waals surface area (Å²) in [6.45, 7) is 2.32. The van der Waals surface area contributed by atoms with E-state index in [1.807, 2.05) is 19.1 Å². The lowest BCUT2D eigenvalue weighted by Gasteiger charge is -2.06. The van der Waals surface area contributed by atoms with E-state index in [9.17, 15) is 9.18 Å². The summed E-state index contributed by atoms with van der Waals surface area (Å²) in [6, 6.07) is 13.3. The van der Waals surface area contributed by atoms with Crippen molar-refractivity contribution in [2.45, 2.75) is 6.92 Å². The number of rotatable bonds is 5. The van der Waals surface area contributed by atoms with Crippen LogP contribution in [0.5, 0.6) is 5.75 Å². The van der Waals surface area contributed by atoms with Crippen LogP contribution in [-0.2, 0) is 0 Å². The summed E-state index contributed by atoms with van der Waals surface area (Å²) in [5, 5.41) is 12.3. The highest BCUT2D eigenvalue weighted by molar-refractivity contribution is 7.18. The van der Waals surface area contributed by atoms with Crippen LogP contribution >= 0.6 is 11.3 Å². The molecule has 2 aromatic carbocycles. The molecule has 4 rings (SSSR count). The number of hydrogen-bond donors (Lipinski definition) is 1. The van der Waals surface area contributed by atoms with Crippen LogP contribution in [0.4, 0.5) is 15.2 Å². The number of anilines is 2. The summed E-state index contributed by atoms with van der Waals surface area (Å²) in [6.07, 6.45) is 0. The van der Waals surface area contributed by atoms with E-state index in [-0.39, 0.29) is 11.3 Å². The Balaban J connectivity index is 1.71. The molecule has 0 spiro atoms. The second-order valence-corrected chi connectivity index (χ2v) is 6.55. The molecule has 1 N–H and O–H groups in total. The quantitative estimate of drug-likeness (QED) is 0.508. The van der Waals surface area contributed by atoms with Crippen LogP contribution in [-0.4, -0.2) is 16.8 Å². The molecule has 2 heterocycles. The van der Waals surface area contributed by atoms with Gasteiger partial charge in [0.05, 0.1) is 17.9 Å². The van der Waals surface area contributed by atoms with Crippen molar-refractivity contribution in [3.05, 3.63) is 64.8 Å². The first-order valence-corrected chi connectivity index (χ1v) is 9.02. The standard InChI is InChI=1S/C19H14FN3O3S/c1-2-25-15-9-5-6-11-10-12(18(24)26-16(11)15)17-22-23-19(27-17)21-14-8-4-3-7-13(14)20/h3-10H,2H2,1H3,(H,21,23). The lowest BCUT2D eigenvalue weighted by atomic mass is 10.2. The second kappa shape index (κ2) is 7.16. The fraction of sp³-hybridized carbons (Fsp3) is 0.105. The summed E-state index contributed by atoms with van der Waals surface area (Å²) in [5.74, 6) is 0.112. The number of para-hydroxylation sites is 2. The third kappa shape index (κ3) is 3.39. The predicted octanol–water partition coefficient (Wildman–Crippen LogP) is 4.59. The van der Waals surface area contributed by atoms with E-state index >= 15 is 0 Å². The predicted molar refractivity (Wildman–Crippen MR) is 102 cm³/mol. The Morgan fingerprint density at radius 1 is 1.19 bits per heavy atom. The number of hydrogen-bond acceptors (Lipinski definition) is 7. The Hall–Kier alpha value is -3.26. The summed E-state index contributed by atoms with van der Waals surface area (Å²) in [4.78, 5) is 12.4. The molecule has 8 heteroatoms. The smallest absolute Gasteiger partial charge is 0.346 e. The van der Waals surface area contributed by atoms with Gasteiger partial charge in [-0.15, -0.1) is 10.2 Å². The van der Waals surface area contributed by atoms with Gasteiger partial charge < -0.3 is 14.5 Å². The van der Waals surface area contributed by atoms with Crippen LogP contribution in [0.2, 0.25) is 0 Å². The van der Waals surface area contributed by atoms with E-state index in [4.69, 9.17) is 9.15 Å². The Morgan fingerprint density at radius 2 is 2.04 bits per heavy atom. The molecule has 4 aromatic rings. The average molecular weight is 383 g/mol. The Labute approximate surface area is 157 Å². The zero-order valence-corrected chi connectivity index (χ0v) is 15.0. The van der Waals surface area contributed by atoms with Gasteiger partial charge in [-0.25, -0.2) is 9.18 Å². The summed E-state index contributed by atoms with van der Waals surface area (Å²) in [5.41, 5.74) is 0.424. The molecule has 0 aliphatic heterocycles. The van der Waals surface area contributed by atoms with Gasteiger partial charge in [0, 0.05) is 5.39 Å². The van der Waals surface area contributed by atoms with Crippen molar-refractivity contribution in [3.8, 4) is 16.3 Å². The number of aromatic nitrogens is 2. The van der Waals surface area contributed by atoms with Crippen LogP contribution in [0.25, 0.3) is 21.5 Å². The molecule has 0 amide bonds. The minimum Gasteiger partial charge on any atom is -0.490 e. The number of ether oxygens (including phenoxy) is 1. The molecule has 136 valence electrons. The minimum atomic E-state index is -0.539. The van der Waals surface area contributed by atoms with Crippen molar-refractivity contribution in [1.29, 1.82) is 0 Å². The lowest BCUT2D eigenvalue weighted by molar-refractivity contribution is 0.337. The largest absolute Gasteiger partial charge is 0.490 e. The first-order valence-electron chi connectivity index (χ1n) is 8.21. The van der Waals surface area contributed by atoms with E-state index < -0.39 is 11.4 Å². The van der Waals surface area contributed by atoms with E-state index in [1.54, 1.807) is 30.3 Å². The van der Waals surface area contributed by atoms with Gasteiger partial charge in [0.2, 0.25) is 5.13 Å². The molecule has 0 saturated carbocycles. The third-order valence-corrected chi connectivity index (χ3v) is 4.67. The fourth-order valence-electron chi connectivity index (χ4n) is 2.60. The van der Waals surface area contributed by atoms with Crippen molar-refractivity contribution in [3.63, 3.8) is 0 Å². The highest BCUT2D eigenvalue weighted by atomic mass is 32.1. The maximum absolute atomic E-state index is 13.8. The van der Waals surface area contributed by atoms with Crippen molar-refractivity contribution in [1.82, 2.24) is 10.2 Å². The third-order valence-electron chi connectivity index (χ3n) is 3.79. The fourth-order valence-corrected chi connectivity index (χ4v) is 3.36. The molecule has 0 bridgehead atoms. The Kier molecular flexibility index (Phi) is 4.55. The van der Waals surface area contributed by atoms with Gasteiger partial charge in [-0.2, -0.15) is 0 Å². The normalized spacial score (nSPS) is 10.9. The summed E-state index contributed by atoms with van der Waals surface area (Å²) >= 11 is 1.14. The van der Waals surface area contributed by atoms with E-state index in [1.165, 1.54) is 6.07 Å². The van der Waals surface area contributed by atoms with Crippen molar-refractivity contribution in [2.24, 2.45) is 0 Å². The molecule has 2 aromatic heterocycles. The Bertz CT molecular complexity index is 1170. The van der Waals surface area contributed by atoms with Crippen molar-refractivity contribution >= 4 is 33.1 Å². The lowest BCUT2D eigenvalue weighted by Crippen LogP contribution is -2.03. The molecule has 0 fully saturated rings. The summed E-state index contributed by atoms with van der Waals surface area (Å²) in [7, 11) is 0. The zero-order chi connectivity index (χ0) is 18.8. The molecule has 0 atom stereocenters. The number of nitrogens with one attached hydrogen (secondary N) is 1. The minimum absolute atomic E-state index is 0.284.